The van der Waals surface area contributed by atoms with Gasteiger partial charge >= 0.3 is 0 Å². The quantitative estimate of drug-likeness (QED) is 0.807. The summed E-state index contributed by atoms with van der Waals surface area (Å²) in [6.07, 6.45) is 0.870. The van der Waals surface area contributed by atoms with Crippen LogP contribution in [0.4, 0.5) is 0 Å². The lowest BCUT2D eigenvalue weighted by Gasteiger charge is -2.33. The molecule has 3 heteroatoms. The summed E-state index contributed by atoms with van der Waals surface area (Å²) in [7, 11) is 2.12. The van der Waals surface area contributed by atoms with Crippen LogP contribution in [0.5, 0.6) is 11.5 Å². The van der Waals surface area contributed by atoms with E-state index in [0.29, 0.717) is 0 Å². The van der Waals surface area contributed by atoms with E-state index in [0.717, 1.165) is 24.1 Å². The zero-order chi connectivity index (χ0) is 17.0. The Labute approximate surface area is 139 Å². The lowest BCUT2D eigenvalue weighted by Crippen LogP contribution is -2.39. The molecule has 0 aliphatic heterocycles. The summed E-state index contributed by atoms with van der Waals surface area (Å²) in [5.41, 5.74) is 2.02. The van der Waals surface area contributed by atoms with Crippen LogP contribution in [0, 0.1) is 0 Å². The van der Waals surface area contributed by atoms with Gasteiger partial charge in [0.1, 0.15) is 0 Å². The molecule has 0 spiro atoms. The summed E-state index contributed by atoms with van der Waals surface area (Å²) in [6, 6.07) is 15.4. The van der Waals surface area contributed by atoms with Crippen LogP contribution in [-0.4, -0.2) is 34.2 Å². The summed E-state index contributed by atoms with van der Waals surface area (Å²) in [5, 5.41) is 20.1. The maximum atomic E-state index is 10.3. The second kappa shape index (κ2) is 7.05. The molecule has 1 atom stereocenters. The number of aromatic hydroxyl groups is 2. The van der Waals surface area contributed by atoms with Crippen molar-refractivity contribution in [3.05, 3.63) is 59.7 Å². The van der Waals surface area contributed by atoms with Crippen molar-refractivity contribution in [2.24, 2.45) is 0 Å². The minimum Gasteiger partial charge on any atom is -0.504 e. The summed E-state index contributed by atoms with van der Waals surface area (Å²) >= 11 is 0. The monoisotopic (exact) mass is 313 g/mol. The van der Waals surface area contributed by atoms with E-state index in [-0.39, 0.29) is 23.0 Å². The van der Waals surface area contributed by atoms with Crippen LogP contribution in [0.25, 0.3) is 0 Å². The molecular weight excluding hydrogens is 286 g/mol. The third kappa shape index (κ3) is 4.26. The molecule has 0 saturated heterocycles. The number of phenolic OH excluding ortho intramolecular Hbond substituents is 2. The molecule has 0 aliphatic rings. The van der Waals surface area contributed by atoms with Crippen molar-refractivity contribution in [2.75, 3.05) is 13.6 Å². The average Bonchev–Trinajstić information content (AvgIpc) is 2.51. The second-order valence-electron chi connectivity index (χ2n) is 7.06. The predicted molar refractivity (Wildman–Crippen MR) is 95.1 cm³/mol. The topological polar surface area (TPSA) is 43.7 Å². The normalized spacial score (nSPS) is 13.3. The molecule has 0 bridgehead atoms. The molecule has 23 heavy (non-hydrogen) atoms. The number of rotatable bonds is 5. The first-order valence-corrected chi connectivity index (χ1v) is 8.07. The van der Waals surface area contributed by atoms with Crippen LogP contribution in [0.1, 0.15) is 44.2 Å². The van der Waals surface area contributed by atoms with Gasteiger partial charge < -0.3 is 15.1 Å². The Balaban J connectivity index is 2.32. The van der Waals surface area contributed by atoms with Crippen LogP contribution in [0.3, 0.4) is 0 Å². The molecule has 1 unspecified atom stereocenters. The Morgan fingerprint density at radius 1 is 0.957 bits per heavy atom. The largest absolute Gasteiger partial charge is 0.504 e. The summed E-state index contributed by atoms with van der Waals surface area (Å²) in [6.45, 7) is 7.47. The Bertz CT molecular complexity index is 632. The first-order chi connectivity index (χ1) is 10.8. The van der Waals surface area contributed by atoms with E-state index < -0.39 is 0 Å². The van der Waals surface area contributed by atoms with Crippen molar-refractivity contribution in [2.45, 2.75) is 38.6 Å². The van der Waals surface area contributed by atoms with Gasteiger partial charge in [0.2, 0.25) is 0 Å². The van der Waals surface area contributed by atoms with Gasteiger partial charge in [0.05, 0.1) is 0 Å². The molecule has 0 amide bonds. The van der Waals surface area contributed by atoms with Gasteiger partial charge in [0, 0.05) is 17.0 Å². The second-order valence-corrected chi connectivity index (χ2v) is 7.06. The van der Waals surface area contributed by atoms with Gasteiger partial charge in [-0.3, -0.25) is 0 Å². The molecule has 2 rings (SSSR count). The zero-order valence-corrected chi connectivity index (χ0v) is 14.5. The van der Waals surface area contributed by atoms with Gasteiger partial charge in [0.25, 0.3) is 0 Å². The third-order valence-corrected chi connectivity index (χ3v) is 4.52. The van der Waals surface area contributed by atoms with Crippen LogP contribution in [0.2, 0.25) is 0 Å². The fourth-order valence-electron chi connectivity index (χ4n) is 2.68. The SMILES string of the molecule is CN(CCC(c1ccccc1)c1cccc(O)c1O)C(C)(C)C. The van der Waals surface area contributed by atoms with E-state index >= 15 is 0 Å². The highest BCUT2D eigenvalue weighted by Crippen LogP contribution is 2.38. The van der Waals surface area contributed by atoms with Crippen molar-refractivity contribution >= 4 is 0 Å². The number of nitrogens with zero attached hydrogens (tertiary/aromatic N) is 1. The number of phenols is 2. The minimum absolute atomic E-state index is 0.0141. The van der Waals surface area contributed by atoms with E-state index in [2.05, 4.69) is 44.9 Å². The van der Waals surface area contributed by atoms with E-state index in [1.54, 1.807) is 6.07 Å². The molecule has 3 nitrogen and oxygen atoms in total. The van der Waals surface area contributed by atoms with Crippen LogP contribution in [-0.2, 0) is 0 Å². The molecule has 0 aromatic heterocycles. The Kier molecular flexibility index (Phi) is 5.32. The molecule has 0 saturated carbocycles. The molecule has 2 aromatic carbocycles. The molecule has 0 heterocycles. The molecule has 0 aliphatic carbocycles. The van der Waals surface area contributed by atoms with E-state index in [4.69, 9.17) is 0 Å². The average molecular weight is 313 g/mol. The van der Waals surface area contributed by atoms with Crippen molar-refractivity contribution in [3.8, 4) is 11.5 Å². The highest BCUT2D eigenvalue weighted by molar-refractivity contribution is 5.49. The Morgan fingerprint density at radius 2 is 1.61 bits per heavy atom. The maximum absolute atomic E-state index is 10.3. The standard InChI is InChI=1S/C20H27NO2/c1-20(2,3)21(4)14-13-16(15-9-6-5-7-10-15)17-11-8-12-18(22)19(17)23/h5-12,16,22-23H,13-14H2,1-4H3. The minimum atomic E-state index is -0.0624. The highest BCUT2D eigenvalue weighted by Gasteiger charge is 2.22. The van der Waals surface area contributed by atoms with Gasteiger partial charge in [-0.2, -0.15) is 0 Å². The van der Waals surface area contributed by atoms with Gasteiger partial charge in [0.15, 0.2) is 11.5 Å². The van der Waals surface area contributed by atoms with E-state index in [1.165, 1.54) is 6.07 Å². The fraction of sp³-hybridized carbons (Fsp3) is 0.400. The maximum Gasteiger partial charge on any atom is 0.161 e. The first kappa shape index (κ1) is 17.4. The Morgan fingerprint density at radius 3 is 2.22 bits per heavy atom. The van der Waals surface area contributed by atoms with Gasteiger partial charge in [-0.05, 0) is 52.4 Å². The summed E-state index contributed by atoms with van der Waals surface area (Å²) < 4.78 is 0. The van der Waals surface area contributed by atoms with Crippen molar-refractivity contribution in [1.29, 1.82) is 0 Å². The number of hydrogen-bond donors (Lipinski definition) is 2. The van der Waals surface area contributed by atoms with Crippen molar-refractivity contribution in [1.82, 2.24) is 4.90 Å². The predicted octanol–water partition coefficient (Wildman–Crippen LogP) is 4.35. The number of benzene rings is 2. The number of hydrogen-bond acceptors (Lipinski definition) is 3. The smallest absolute Gasteiger partial charge is 0.161 e. The fourth-order valence-corrected chi connectivity index (χ4v) is 2.68. The zero-order valence-electron chi connectivity index (χ0n) is 14.5. The van der Waals surface area contributed by atoms with E-state index in [1.807, 2.05) is 24.3 Å². The molecule has 0 fully saturated rings. The van der Waals surface area contributed by atoms with Gasteiger partial charge in [-0.25, -0.2) is 0 Å². The molecule has 2 aromatic rings. The highest BCUT2D eigenvalue weighted by atomic mass is 16.3. The van der Waals surface area contributed by atoms with Crippen LogP contribution < -0.4 is 0 Å². The van der Waals surface area contributed by atoms with Crippen LogP contribution >= 0.6 is 0 Å². The third-order valence-electron chi connectivity index (χ3n) is 4.52. The molecular formula is C20H27NO2. The van der Waals surface area contributed by atoms with Gasteiger partial charge in [-0.15, -0.1) is 0 Å². The van der Waals surface area contributed by atoms with Gasteiger partial charge in [-0.1, -0.05) is 42.5 Å². The Hall–Kier alpha value is -2.00. The van der Waals surface area contributed by atoms with Crippen molar-refractivity contribution in [3.63, 3.8) is 0 Å². The lowest BCUT2D eigenvalue weighted by atomic mass is 9.87. The summed E-state index contributed by atoms with van der Waals surface area (Å²) in [4.78, 5) is 2.31. The molecule has 124 valence electrons. The molecule has 0 radical (unpaired) electrons. The summed E-state index contributed by atoms with van der Waals surface area (Å²) in [5.74, 6) is -0.0273. The number of para-hydroxylation sites is 1. The molecule has 2 N–H and O–H groups in total. The van der Waals surface area contributed by atoms with E-state index in [9.17, 15) is 10.2 Å². The van der Waals surface area contributed by atoms with Crippen molar-refractivity contribution < 1.29 is 10.2 Å². The first-order valence-electron chi connectivity index (χ1n) is 8.07. The van der Waals surface area contributed by atoms with Crippen LogP contribution in [0.15, 0.2) is 48.5 Å². The lowest BCUT2D eigenvalue weighted by molar-refractivity contribution is 0.171.